The van der Waals surface area contributed by atoms with Gasteiger partial charge < -0.3 is 9.47 Å². The van der Waals surface area contributed by atoms with Crippen LogP contribution in [0.2, 0.25) is 5.02 Å². The van der Waals surface area contributed by atoms with E-state index >= 15 is 0 Å². The Labute approximate surface area is 148 Å². The van der Waals surface area contributed by atoms with E-state index in [1.165, 1.54) is 12.1 Å². The molecule has 1 unspecified atom stereocenters. The number of hydrogen-bond acceptors (Lipinski definition) is 2. The molecule has 0 aliphatic carbocycles. The summed E-state index contributed by atoms with van der Waals surface area (Å²) in [6.45, 7) is 1.05. The first-order valence-corrected chi connectivity index (χ1v) is 8.61. The van der Waals surface area contributed by atoms with E-state index in [-0.39, 0.29) is 10.6 Å². The fourth-order valence-corrected chi connectivity index (χ4v) is 4.54. The number of rotatable bonds is 2. The summed E-state index contributed by atoms with van der Waals surface area (Å²) < 4.78 is 25.2. The third kappa shape index (κ3) is 3.14. The number of fused-ring (bicyclic) bond motifs is 1. The fraction of sp³-hybridized carbons (Fsp3) is 0.200. The predicted molar refractivity (Wildman–Crippen MR) is 92.3 cm³/mol. The van der Waals surface area contributed by atoms with Gasteiger partial charge in [-0.25, -0.2) is 4.39 Å². The standard InChI is InChI=1S/C15H10BrClFIO2/c16-15(9-2-1-8(18)5-12(9)19)10-6-13-14(7-11(10)17)21-4-3-20-13/h1-2,5-7,15H,3-4H2. The minimum Gasteiger partial charge on any atom is -0.486 e. The molecule has 0 amide bonds. The summed E-state index contributed by atoms with van der Waals surface area (Å²) in [5, 5.41) is 0.584. The van der Waals surface area contributed by atoms with Gasteiger partial charge >= 0.3 is 0 Å². The van der Waals surface area contributed by atoms with E-state index in [1.54, 1.807) is 12.1 Å². The minimum atomic E-state index is -0.254. The molecule has 6 heteroatoms. The normalized spacial score (nSPS) is 14.9. The predicted octanol–water partition coefficient (Wildman–Crippen LogP) is 5.34. The van der Waals surface area contributed by atoms with Gasteiger partial charge in [-0.2, -0.15) is 0 Å². The summed E-state index contributed by atoms with van der Waals surface area (Å²) in [4.78, 5) is -0.145. The lowest BCUT2D eigenvalue weighted by atomic mass is 10.0. The topological polar surface area (TPSA) is 18.5 Å². The highest BCUT2D eigenvalue weighted by Crippen LogP contribution is 2.43. The van der Waals surface area contributed by atoms with Crippen molar-refractivity contribution in [3.63, 3.8) is 0 Å². The van der Waals surface area contributed by atoms with Crippen molar-refractivity contribution >= 4 is 50.1 Å². The average molecular weight is 484 g/mol. The van der Waals surface area contributed by atoms with Gasteiger partial charge in [0.15, 0.2) is 11.5 Å². The summed E-state index contributed by atoms with van der Waals surface area (Å²) in [6, 6.07) is 8.32. The monoisotopic (exact) mass is 482 g/mol. The maximum atomic E-state index is 13.2. The first-order chi connectivity index (χ1) is 10.1. The van der Waals surface area contributed by atoms with Crippen LogP contribution in [0.15, 0.2) is 30.3 Å². The van der Waals surface area contributed by atoms with E-state index in [4.69, 9.17) is 21.1 Å². The maximum absolute atomic E-state index is 13.2. The molecule has 2 aromatic carbocycles. The Morgan fingerprint density at radius 2 is 1.76 bits per heavy atom. The van der Waals surface area contributed by atoms with Gasteiger partial charge in [0.2, 0.25) is 0 Å². The van der Waals surface area contributed by atoms with Gasteiger partial charge in [0.25, 0.3) is 0 Å². The molecule has 0 bridgehead atoms. The van der Waals surface area contributed by atoms with Crippen molar-refractivity contribution in [1.82, 2.24) is 0 Å². The highest BCUT2D eigenvalue weighted by Gasteiger charge is 2.21. The Hall–Kier alpha value is -0.530. The Bertz CT molecular complexity index is 696. The van der Waals surface area contributed by atoms with Crippen LogP contribution in [0.4, 0.5) is 4.39 Å². The second kappa shape index (κ2) is 6.30. The molecule has 110 valence electrons. The molecule has 0 saturated heterocycles. The SMILES string of the molecule is Fc1ccc(C(Br)c2cc3c(cc2Cl)OCCO3)c(I)c1. The Kier molecular flexibility index (Phi) is 4.61. The Morgan fingerprint density at radius 1 is 1.10 bits per heavy atom. The molecule has 1 aliphatic heterocycles. The van der Waals surface area contributed by atoms with Crippen molar-refractivity contribution in [3.8, 4) is 11.5 Å². The molecular formula is C15H10BrClFIO2. The van der Waals surface area contributed by atoms with Gasteiger partial charge in [0, 0.05) is 14.7 Å². The number of halogens is 4. The van der Waals surface area contributed by atoms with Gasteiger partial charge in [0.1, 0.15) is 19.0 Å². The largest absolute Gasteiger partial charge is 0.486 e. The molecule has 0 aromatic heterocycles. The van der Waals surface area contributed by atoms with E-state index in [2.05, 4.69) is 38.5 Å². The quantitative estimate of drug-likeness (QED) is 0.424. The van der Waals surface area contributed by atoms with E-state index < -0.39 is 0 Å². The average Bonchev–Trinajstić information content (AvgIpc) is 2.46. The van der Waals surface area contributed by atoms with Crippen molar-refractivity contribution < 1.29 is 13.9 Å². The molecule has 2 nitrogen and oxygen atoms in total. The molecule has 2 aromatic rings. The first-order valence-electron chi connectivity index (χ1n) is 6.24. The summed E-state index contributed by atoms with van der Waals surface area (Å²) in [5.41, 5.74) is 1.82. The molecule has 0 fully saturated rings. The van der Waals surface area contributed by atoms with Crippen LogP contribution in [0.1, 0.15) is 16.0 Å². The van der Waals surface area contributed by atoms with Crippen molar-refractivity contribution in [3.05, 3.63) is 55.9 Å². The summed E-state index contributed by atoms with van der Waals surface area (Å²) in [7, 11) is 0. The molecule has 3 rings (SSSR count). The molecule has 0 N–H and O–H groups in total. The molecule has 1 heterocycles. The van der Waals surface area contributed by atoms with Gasteiger partial charge in [-0.15, -0.1) is 0 Å². The Morgan fingerprint density at radius 3 is 2.43 bits per heavy atom. The highest BCUT2D eigenvalue weighted by molar-refractivity contribution is 14.1. The van der Waals surface area contributed by atoms with Gasteiger partial charge in [-0.05, 0) is 51.9 Å². The second-order valence-electron chi connectivity index (χ2n) is 4.55. The number of alkyl halides is 1. The molecule has 0 radical (unpaired) electrons. The zero-order valence-corrected chi connectivity index (χ0v) is 15.2. The lowest BCUT2D eigenvalue weighted by molar-refractivity contribution is 0.171. The number of benzene rings is 2. The van der Waals surface area contributed by atoms with Gasteiger partial charge in [-0.1, -0.05) is 33.6 Å². The zero-order chi connectivity index (χ0) is 15.0. The number of ether oxygens (including phenoxy) is 2. The maximum Gasteiger partial charge on any atom is 0.162 e. The van der Waals surface area contributed by atoms with Gasteiger partial charge in [-0.3, -0.25) is 0 Å². The van der Waals surface area contributed by atoms with Crippen LogP contribution in [0.25, 0.3) is 0 Å². The molecule has 21 heavy (non-hydrogen) atoms. The lowest BCUT2D eigenvalue weighted by Gasteiger charge is -2.22. The fourth-order valence-electron chi connectivity index (χ4n) is 2.15. The van der Waals surface area contributed by atoms with Crippen LogP contribution in [-0.2, 0) is 0 Å². The molecule has 0 spiro atoms. The number of hydrogen-bond donors (Lipinski definition) is 0. The van der Waals surface area contributed by atoms with Crippen molar-refractivity contribution in [2.75, 3.05) is 13.2 Å². The van der Waals surface area contributed by atoms with E-state index in [1.807, 2.05) is 6.07 Å². The minimum absolute atomic E-state index is 0.145. The van der Waals surface area contributed by atoms with Crippen LogP contribution in [0, 0.1) is 9.39 Å². The van der Waals surface area contributed by atoms with Gasteiger partial charge in [0.05, 0.1) is 4.83 Å². The molecular weight excluding hydrogens is 473 g/mol. The molecule has 1 atom stereocenters. The van der Waals surface area contributed by atoms with Crippen LogP contribution < -0.4 is 9.47 Å². The molecule has 1 aliphatic rings. The summed E-state index contributed by atoms with van der Waals surface area (Å²) in [5.74, 6) is 1.09. The Balaban J connectivity index is 2.03. The van der Waals surface area contributed by atoms with Crippen LogP contribution in [-0.4, -0.2) is 13.2 Å². The third-order valence-electron chi connectivity index (χ3n) is 3.17. The summed E-state index contributed by atoms with van der Waals surface area (Å²) >= 11 is 12.1. The molecule has 0 saturated carbocycles. The van der Waals surface area contributed by atoms with Crippen LogP contribution in [0.5, 0.6) is 11.5 Å². The second-order valence-corrected chi connectivity index (χ2v) is 7.03. The zero-order valence-electron chi connectivity index (χ0n) is 10.7. The summed E-state index contributed by atoms with van der Waals surface area (Å²) in [6.07, 6.45) is 0. The lowest BCUT2D eigenvalue weighted by Crippen LogP contribution is -2.15. The van der Waals surface area contributed by atoms with E-state index in [9.17, 15) is 4.39 Å². The van der Waals surface area contributed by atoms with Crippen LogP contribution >= 0.6 is 50.1 Å². The van der Waals surface area contributed by atoms with E-state index in [0.29, 0.717) is 29.7 Å². The van der Waals surface area contributed by atoms with Crippen molar-refractivity contribution in [2.24, 2.45) is 0 Å². The van der Waals surface area contributed by atoms with Crippen molar-refractivity contribution in [2.45, 2.75) is 4.83 Å². The van der Waals surface area contributed by atoms with Crippen LogP contribution in [0.3, 0.4) is 0 Å². The van der Waals surface area contributed by atoms with Crippen molar-refractivity contribution in [1.29, 1.82) is 0 Å². The smallest absolute Gasteiger partial charge is 0.162 e. The third-order valence-corrected chi connectivity index (χ3v) is 5.42. The first kappa shape index (κ1) is 15.4. The highest BCUT2D eigenvalue weighted by atomic mass is 127. The van der Waals surface area contributed by atoms with E-state index in [0.717, 1.165) is 14.7 Å².